The molecule has 0 amide bonds. The van der Waals surface area contributed by atoms with Gasteiger partial charge in [-0.3, -0.25) is 15.1 Å². The van der Waals surface area contributed by atoms with Crippen molar-refractivity contribution in [2.24, 2.45) is 0 Å². The molecule has 0 aliphatic carbocycles. The number of benzene rings is 2. The molecule has 0 radical (unpaired) electrons. The molecule has 0 bridgehead atoms. The van der Waals surface area contributed by atoms with Crippen molar-refractivity contribution in [3.05, 3.63) is 52.5 Å². The summed E-state index contributed by atoms with van der Waals surface area (Å²) < 4.78 is 36.6. The topological polar surface area (TPSA) is 93.0 Å². The maximum Gasteiger partial charge on any atom is 0.272 e. The summed E-state index contributed by atoms with van der Waals surface area (Å²) >= 11 is 0. The van der Waals surface area contributed by atoms with E-state index in [1.807, 2.05) is 0 Å². The number of hydrogen-bond donors (Lipinski definition) is 0. The molecule has 2 aromatic carbocycles. The second kappa shape index (κ2) is 6.60. The number of methoxy groups -OCH3 is 1. The third kappa shape index (κ3) is 2.92. The minimum Gasteiger partial charge on any atom is -0.493 e. The van der Waals surface area contributed by atoms with Gasteiger partial charge in [0.1, 0.15) is 19.0 Å². The van der Waals surface area contributed by atoms with E-state index in [-0.39, 0.29) is 17.2 Å². The molecule has 9 heteroatoms. The third-order valence-corrected chi connectivity index (χ3v) is 4.01. The summed E-state index contributed by atoms with van der Waals surface area (Å²) in [6.45, 7) is 0.692. The van der Waals surface area contributed by atoms with E-state index in [1.165, 1.54) is 25.4 Å². The predicted molar refractivity (Wildman–Crippen MR) is 92.4 cm³/mol. The lowest BCUT2D eigenvalue weighted by Crippen LogP contribution is -2.16. The number of fused-ring (bicyclic) bond motifs is 3. The van der Waals surface area contributed by atoms with Crippen LogP contribution >= 0.6 is 0 Å². The van der Waals surface area contributed by atoms with E-state index in [2.05, 4.69) is 4.98 Å². The van der Waals surface area contributed by atoms with Gasteiger partial charge in [0.2, 0.25) is 5.75 Å². The maximum absolute atomic E-state index is 14.2. The van der Waals surface area contributed by atoms with Crippen LogP contribution in [0.2, 0.25) is 0 Å². The summed E-state index contributed by atoms with van der Waals surface area (Å²) in [5, 5.41) is 11.3. The highest BCUT2D eigenvalue weighted by atomic mass is 19.1. The molecule has 3 aromatic rings. The molecular formula is C18H13FN2O6. The molecule has 0 N–H and O–H groups in total. The zero-order valence-corrected chi connectivity index (χ0v) is 14.1. The van der Waals surface area contributed by atoms with Crippen molar-refractivity contribution in [1.29, 1.82) is 0 Å². The van der Waals surface area contributed by atoms with Crippen LogP contribution in [-0.4, -0.2) is 30.2 Å². The predicted octanol–water partition coefficient (Wildman–Crippen LogP) is 3.85. The number of halogens is 1. The molecule has 0 saturated carbocycles. The Balaban J connectivity index is 1.84. The highest BCUT2D eigenvalue weighted by molar-refractivity contribution is 5.95. The fraction of sp³-hybridized carbons (Fsp3) is 0.167. The number of rotatable bonds is 4. The van der Waals surface area contributed by atoms with Gasteiger partial charge in [0.05, 0.1) is 29.0 Å². The highest BCUT2D eigenvalue weighted by Crippen LogP contribution is 2.48. The lowest BCUT2D eigenvalue weighted by molar-refractivity contribution is -0.385. The van der Waals surface area contributed by atoms with Crippen molar-refractivity contribution in [1.82, 2.24) is 4.98 Å². The van der Waals surface area contributed by atoms with Gasteiger partial charge in [-0.1, -0.05) is 0 Å². The number of nitro groups is 1. The third-order valence-electron chi connectivity index (χ3n) is 4.01. The summed E-state index contributed by atoms with van der Waals surface area (Å²) in [5.41, 5.74) is 0.147. The number of nitrogens with zero attached hydrogens (tertiary/aromatic N) is 2. The lowest BCUT2D eigenvalue weighted by atomic mass is 10.1. The molecule has 4 rings (SSSR count). The molecule has 1 aliphatic rings. The van der Waals surface area contributed by atoms with Gasteiger partial charge in [0.25, 0.3) is 5.69 Å². The number of ether oxygens (including phenoxy) is 4. The molecule has 0 atom stereocenters. The monoisotopic (exact) mass is 372 g/mol. The Kier molecular flexibility index (Phi) is 4.11. The zero-order chi connectivity index (χ0) is 19.0. The number of aromatic nitrogens is 1. The molecular weight excluding hydrogens is 359 g/mol. The molecule has 0 saturated heterocycles. The van der Waals surface area contributed by atoms with Gasteiger partial charge in [-0.2, -0.15) is 0 Å². The second-order valence-corrected chi connectivity index (χ2v) is 5.61. The fourth-order valence-electron chi connectivity index (χ4n) is 2.82. The standard InChI is InChI=1S/C18H13FN2O6/c1-24-15-9-12-16(18-17(15)25-6-7-26-18)14(4-5-20-12)27-13-3-2-10(21(22)23)8-11(13)19/h2-5,8-9H,6-7H2,1H3. The molecule has 138 valence electrons. The first-order valence-corrected chi connectivity index (χ1v) is 7.95. The molecule has 1 aliphatic heterocycles. The van der Waals surface area contributed by atoms with Crippen LogP contribution in [0.25, 0.3) is 10.9 Å². The number of nitro benzene ring substituents is 1. The van der Waals surface area contributed by atoms with Crippen molar-refractivity contribution in [2.75, 3.05) is 20.3 Å². The zero-order valence-electron chi connectivity index (χ0n) is 14.1. The van der Waals surface area contributed by atoms with E-state index in [9.17, 15) is 14.5 Å². The maximum atomic E-state index is 14.2. The Morgan fingerprint density at radius 2 is 1.89 bits per heavy atom. The number of hydrogen-bond acceptors (Lipinski definition) is 7. The lowest BCUT2D eigenvalue weighted by Gasteiger charge is -2.23. The van der Waals surface area contributed by atoms with Crippen LogP contribution < -0.4 is 18.9 Å². The SMILES string of the molecule is COc1cc2nccc(Oc3ccc([N+](=O)[O-])cc3F)c2c2c1OCCO2. The average molecular weight is 372 g/mol. The Labute approximate surface area is 152 Å². The summed E-state index contributed by atoms with van der Waals surface area (Å²) in [5.74, 6) is 0.530. The number of non-ortho nitro benzene ring substituents is 1. The summed E-state index contributed by atoms with van der Waals surface area (Å²) in [6.07, 6.45) is 1.50. The van der Waals surface area contributed by atoms with Gasteiger partial charge >= 0.3 is 0 Å². The van der Waals surface area contributed by atoms with Gasteiger partial charge in [-0.05, 0) is 12.1 Å². The van der Waals surface area contributed by atoms with E-state index >= 15 is 0 Å². The van der Waals surface area contributed by atoms with Crippen LogP contribution in [0.1, 0.15) is 0 Å². The minimum absolute atomic E-state index is 0.158. The molecule has 8 nitrogen and oxygen atoms in total. The first kappa shape index (κ1) is 16.8. The average Bonchev–Trinajstić information content (AvgIpc) is 2.68. The minimum atomic E-state index is -0.853. The van der Waals surface area contributed by atoms with Gasteiger partial charge in [-0.25, -0.2) is 4.39 Å². The first-order valence-electron chi connectivity index (χ1n) is 7.95. The van der Waals surface area contributed by atoms with E-state index in [4.69, 9.17) is 18.9 Å². The van der Waals surface area contributed by atoms with E-state index in [0.29, 0.717) is 41.4 Å². The normalized spacial score (nSPS) is 12.7. The molecule has 0 unspecified atom stereocenters. The molecule has 0 fully saturated rings. The van der Waals surface area contributed by atoms with Crippen molar-refractivity contribution in [3.63, 3.8) is 0 Å². The highest BCUT2D eigenvalue weighted by Gasteiger charge is 2.24. The summed E-state index contributed by atoms with van der Waals surface area (Å²) in [4.78, 5) is 14.4. The van der Waals surface area contributed by atoms with Crippen LogP contribution in [-0.2, 0) is 0 Å². The van der Waals surface area contributed by atoms with Crippen LogP contribution in [0.15, 0.2) is 36.5 Å². The molecule has 27 heavy (non-hydrogen) atoms. The van der Waals surface area contributed by atoms with Gasteiger partial charge < -0.3 is 18.9 Å². The summed E-state index contributed by atoms with van der Waals surface area (Å²) in [6, 6.07) is 6.39. The largest absolute Gasteiger partial charge is 0.493 e. The summed E-state index contributed by atoms with van der Waals surface area (Å²) in [7, 11) is 1.51. The molecule has 0 spiro atoms. The van der Waals surface area contributed by atoms with Crippen molar-refractivity contribution < 1.29 is 28.3 Å². The molecule has 2 heterocycles. The second-order valence-electron chi connectivity index (χ2n) is 5.61. The van der Waals surface area contributed by atoms with E-state index in [1.54, 1.807) is 12.1 Å². The quantitative estimate of drug-likeness (QED) is 0.507. The van der Waals surface area contributed by atoms with Crippen LogP contribution in [0, 0.1) is 15.9 Å². The smallest absolute Gasteiger partial charge is 0.272 e. The van der Waals surface area contributed by atoms with Crippen LogP contribution in [0.4, 0.5) is 10.1 Å². The Morgan fingerprint density at radius 1 is 1.11 bits per heavy atom. The Bertz CT molecular complexity index is 1060. The van der Waals surface area contributed by atoms with Gasteiger partial charge in [0, 0.05) is 18.3 Å². The van der Waals surface area contributed by atoms with Crippen LogP contribution in [0.5, 0.6) is 28.7 Å². The Morgan fingerprint density at radius 3 is 2.59 bits per heavy atom. The van der Waals surface area contributed by atoms with E-state index in [0.717, 1.165) is 6.07 Å². The van der Waals surface area contributed by atoms with Crippen molar-refractivity contribution in [2.45, 2.75) is 0 Å². The number of pyridine rings is 1. The molecule has 1 aromatic heterocycles. The first-order chi connectivity index (χ1) is 13.1. The van der Waals surface area contributed by atoms with Gasteiger partial charge in [0.15, 0.2) is 23.1 Å². The van der Waals surface area contributed by atoms with Crippen LogP contribution in [0.3, 0.4) is 0 Å². The Hall–Kier alpha value is -3.62. The van der Waals surface area contributed by atoms with Gasteiger partial charge in [-0.15, -0.1) is 0 Å². The van der Waals surface area contributed by atoms with Crippen molar-refractivity contribution in [3.8, 4) is 28.7 Å². The van der Waals surface area contributed by atoms with Crippen molar-refractivity contribution >= 4 is 16.6 Å². The van der Waals surface area contributed by atoms with E-state index < -0.39 is 10.7 Å². The fourth-order valence-corrected chi connectivity index (χ4v) is 2.82.